The number of aliphatic hydroxyl groups excluding tert-OH is 3. The van der Waals surface area contributed by atoms with Crippen LogP contribution in [0.3, 0.4) is 0 Å². The van der Waals surface area contributed by atoms with Crippen LogP contribution in [-0.2, 0) is 4.79 Å². The zero-order valence-electron chi connectivity index (χ0n) is 18.3. The maximum Gasteiger partial charge on any atom is 0.303 e. The molecular formula is C24H40O5. The molecule has 0 bridgehead atoms. The first-order chi connectivity index (χ1) is 13.6. The Labute approximate surface area is 174 Å². The Morgan fingerprint density at radius 3 is 2.45 bits per heavy atom. The number of aliphatic carboxylic acids is 1. The summed E-state index contributed by atoms with van der Waals surface area (Å²) in [5.41, 5.74) is -0.143. The lowest BCUT2D eigenvalue weighted by atomic mass is 9.43. The van der Waals surface area contributed by atoms with Crippen molar-refractivity contribution >= 4 is 5.97 Å². The van der Waals surface area contributed by atoms with Crippen molar-refractivity contribution in [3.8, 4) is 0 Å². The van der Waals surface area contributed by atoms with Crippen LogP contribution in [0.2, 0.25) is 0 Å². The fourth-order valence-corrected chi connectivity index (χ4v) is 8.68. The van der Waals surface area contributed by atoms with Crippen LogP contribution in [0.15, 0.2) is 0 Å². The van der Waals surface area contributed by atoms with Crippen LogP contribution in [0.25, 0.3) is 0 Å². The number of carboxylic acid groups (broad SMARTS) is 1. The normalized spacial score (nSPS) is 52.9. The largest absolute Gasteiger partial charge is 0.481 e. The van der Waals surface area contributed by atoms with Gasteiger partial charge >= 0.3 is 5.97 Å². The summed E-state index contributed by atoms with van der Waals surface area (Å²) in [5, 5.41) is 42.0. The summed E-state index contributed by atoms with van der Waals surface area (Å²) in [6.07, 6.45) is 6.00. The predicted molar refractivity (Wildman–Crippen MR) is 110 cm³/mol. The Morgan fingerprint density at radius 2 is 1.76 bits per heavy atom. The second kappa shape index (κ2) is 7.49. The Bertz CT molecular complexity index is 637. The van der Waals surface area contributed by atoms with Crippen molar-refractivity contribution < 1.29 is 25.2 Å². The van der Waals surface area contributed by atoms with Crippen LogP contribution < -0.4 is 0 Å². The van der Waals surface area contributed by atoms with Crippen molar-refractivity contribution in [2.45, 2.75) is 96.9 Å². The maximum absolute atomic E-state index is 11.5. The van der Waals surface area contributed by atoms with Gasteiger partial charge in [-0.3, -0.25) is 4.79 Å². The molecule has 0 unspecified atom stereocenters. The molecule has 0 aromatic rings. The van der Waals surface area contributed by atoms with E-state index in [0.717, 1.165) is 44.9 Å². The fraction of sp³-hybridized carbons (Fsp3) is 0.958. The minimum Gasteiger partial charge on any atom is -0.481 e. The first-order valence-electron chi connectivity index (χ1n) is 11.8. The van der Waals surface area contributed by atoms with E-state index in [1.165, 1.54) is 0 Å². The van der Waals surface area contributed by atoms with E-state index in [0.29, 0.717) is 30.1 Å². The smallest absolute Gasteiger partial charge is 0.303 e. The molecule has 29 heavy (non-hydrogen) atoms. The number of rotatable bonds is 4. The molecule has 4 fully saturated rings. The number of carboxylic acids is 1. The van der Waals surface area contributed by atoms with E-state index in [1.54, 1.807) is 0 Å². The van der Waals surface area contributed by atoms with Gasteiger partial charge in [0.15, 0.2) is 0 Å². The van der Waals surface area contributed by atoms with E-state index in [2.05, 4.69) is 20.8 Å². The van der Waals surface area contributed by atoms with E-state index in [-0.39, 0.29) is 41.3 Å². The molecule has 166 valence electrons. The van der Waals surface area contributed by atoms with Crippen LogP contribution in [-0.4, -0.2) is 44.7 Å². The Balaban J connectivity index is 1.61. The van der Waals surface area contributed by atoms with E-state index in [4.69, 9.17) is 5.11 Å². The van der Waals surface area contributed by atoms with Gasteiger partial charge in [0.25, 0.3) is 0 Å². The van der Waals surface area contributed by atoms with Crippen molar-refractivity contribution in [1.82, 2.24) is 0 Å². The minimum absolute atomic E-state index is 0.0957. The average Bonchev–Trinajstić information content (AvgIpc) is 3.01. The highest BCUT2D eigenvalue weighted by Crippen LogP contribution is 2.68. The van der Waals surface area contributed by atoms with Gasteiger partial charge in [0.05, 0.1) is 18.3 Å². The SMILES string of the molecule is C[C@H](CCC(=O)O)[C@H]1CC[C@H]2[C@@H]3[C@@H](O)C[C@@H]4C[C@H](O)CC[C@@]4(C)[C@H]3C[C@H](O)[C@@]12C. The number of carbonyl (C=O) groups is 1. The van der Waals surface area contributed by atoms with Crippen LogP contribution in [0.4, 0.5) is 0 Å². The van der Waals surface area contributed by atoms with E-state index in [9.17, 15) is 20.1 Å². The summed E-state index contributed by atoms with van der Waals surface area (Å²) in [7, 11) is 0. The van der Waals surface area contributed by atoms with Crippen molar-refractivity contribution in [2.24, 2.45) is 46.3 Å². The molecule has 0 aromatic carbocycles. The van der Waals surface area contributed by atoms with E-state index < -0.39 is 12.1 Å². The van der Waals surface area contributed by atoms with Crippen LogP contribution in [0, 0.1) is 46.3 Å². The fourth-order valence-electron chi connectivity index (χ4n) is 8.68. The summed E-state index contributed by atoms with van der Waals surface area (Å²) in [4.78, 5) is 11.1. The molecule has 5 nitrogen and oxygen atoms in total. The number of hydrogen-bond donors (Lipinski definition) is 4. The molecule has 0 amide bonds. The molecule has 0 radical (unpaired) electrons. The summed E-state index contributed by atoms with van der Waals surface area (Å²) >= 11 is 0. The highest BCUT2D eigenvalue weighted by molar-refractivity contribution is 5.66. The Hall–Kier alpha value is -0.650. The van der Waals surface area contributed by atoms with Gasteiger partial charge in [0.2, 0.25) is 0 Å². The molecule has 4 N–H and O–H groups in total. The van der Waals surface area contributed by atoms with Crippen molar-refractivity contribution in [2.75, 3.05) is 0 Å². The van der Waals surface area contributed by atoms with Gasteiger partial charge in [-0.1, -0.05) is 20.8 Å². The molecule has 4 aliphatic carbocycles. The van der Waals surface area contributed by atoms with E-state index >= 15 is 0 Å². The average molecular weight is 409 g/mol. The van der Waals surface area contributed by atoms with Gasteiger partial charge in [-0.05, 0) is 97.7 Å². The molecule has 4 saturated carbocycles. The zero-order chi connectivity index (χ0) is 21.1. The molecule has 4 rings (SSSR count). The second-order valence-corrected chi connectivity index (χ2v) is 11.4. The highest BCUT2D eigenvalue weighted by Gasteiger charge is 2.65. The molecule has 11 atom stereocenters. The van der Waals surface area contributed by atoms with Crippen LogP contribution in [0.5, 0.6) is 0 Å². The quantitative estimate of drug-likeness (QED) is 0.571. The monoisotopic (exact) mass is 408 g/mol. The first kappa shape index (κ1) is 21.6. The van der Waals surface area contributed by atoms with Gasteiger partial charge < -0.3 is 20.4 Å². The molecule has 0 spiro atoms. The summed E-state index contributed by atoms with van der Waals surface area (Å²) in [5.74, 6) is 0.997. The molecule has 0 aromatic heterocycles. The lowest BCUT2D eigenvalue weighted by Crippen LogP contribution is -2.62. The third kappa shape index (κ3) is 3.27. The predicted octanol–water partition coefficient (Wildman–Crippen LogP) is 3.45. The van der Waals surface area contributed by atoms with Crippen molar-refractivity contribution in [3.05, 3.63) is 0 Å². The number of hydrogen-bond acceptors (Lipinski definition) is 4. The summed E-state index contributed by atoms with van der Waals surface area (Å²) in [6, 6.07) is 0. The van der Waals surface area contributed by atoms with Gasteiger partial charge in [-0.15, -0.1) is 0 Å². The summed E-state index contributed by atoms with van der Waals surface area (Å²) in [6.45, 7) is 6.72. The van der Waals surface area contributed by atoms with Crippen LogP contribution >= 0.6 is 0 Å². The molecule has 5 heteroatoms. The van der Waals surface area contributed by atoms with Crippen molar-refractivity contribution in [1.29, 1.82) is 0 Å². The summed E-state index contributed by atoms with van der Waals surface area (Å²) < 4.78 is 0. The van der Waals surface area contributed by atoms with Crippen LogP contribution in [0.1, 0.15) is 78.6 Å². The first-order valence-corrected chi connectivity index (χ1v) is 11.8. The van der Waals surface area contributed by atoms with Gasteiger partial charge in [0, 0.05) is 6.42 Å². The lowest BCUT2D eigenvalue weighted by molar-refractivity contribution is -0.207. The Kier molecular flexibility index (Phi) is 5.57. The molecule has 0 saturated heterocycles. The van der Waals surface area contributed by atoms with Crippen molar-refractivity contribution in [3.63, 3.8) is 0 Å². The number of fused-ring (bicyclic) bond motifs is 5. The van der Waals surface area contributed by atoms with Gasteiger partial charge in [-0.2, -0.15) is 0 Å². The van der Waals surface area contributed by atoms with Gasteiger partial charge in [0.1, 0.15) is 0 Å². The molecule has 0 aliphatic heterocycles. The lowest BCUT2D eigenvalue weighted by Gasteiger charge is -2.63. The molecule has 4 aliphatic rings. The standard InChI is InChI=1S/C24H40O5/c1-13(4-7-21(28)29)16-5-6-17-22-18(12-20(27)24(16,17)3)23(2)9-8-15(25)10-14(23)11-19(22)26/h13-20,22,25-27H,4-12H2,1-3H3,(H,28,29)/t13-,14+,15-,16-,17+,18+,19+,20+,22+,23-,24+/m1/s1. The maximum atomic E-state index is 11.5. The number of aliphatic hydroxyl groups is 3. The topological polar surface area (TPSA) is 98.0 Å². The molecular weight excluding hydrogens is 368 g/mol. The van der Waals surface area contributed by atoms with E-state index in [1.807, 2.05) is 0 Å². The van der Waals surface area contributed by atoms with Gasteiger partial charge in [-0.25, -0.2) is 0 Å². The third-order valence-electron chi connectivity index (χ3n) is 10.3. The Morgan fingerprint density at radius 1 is 1.03 bits per heavy atom. The minimum atomic E-state index is -0.748. The third-order valence-corrected chi connectivity index (χ3v) is 10.3. The second-order valence-electron chi connectivity index (χ2n) is 11.4. The highest BCUT2D eigenvalue weighted by atomic mass is 16.4. The zero-order valence-corrected chi connectivity index (χ0v) is 18.3. The molecule has 0 heterocycles.